The molecule has 0 fully saturated rings. The molecule has 0 saturated heterocycles. The minimum atomic E-state index is -1.20. The fraction of sp³-hybridized carbons (Fsp3) is 0.0889. The fourth-order valence-corrected chi connectivity index (χ4v) is 8.99. The van der Waals surface area contributed by atoms with Gasteiger partial charge in [-0.3, -0.25) is 33.6 Å². The number of hydrogen-bond acceptors (Lipinski definition) is 11. The van der Waals surface area contributed by atoms with E-state index in [2.05, 4.69) is 71.0 Å². The number of hydrogen-bond donors (Lipinski definition) is 4. The summed E-state index contributed by atoms with van der Waals surface area (Å²) in [6, 6.07) is 53.2. The third-order valence-corrected chi connectivity index (χ3v) is 14.4. The number of rotatable bonds is 11. The second-order valence-electron chi connectivity index (χ2n) is 21.7. The lowest BCUT2D eigenvalue weighted by Gasteiger charge is -2.06. The number of benzene rings is 9. The lowest BCUT2D eigenvalue weighted by Crippen LogP contribution is -2.10. The maximum atomic E-state index is 11.9. The first-order valence-electron chi connectivity index (χ1n) is 30.9. The molecule has 508 valence electrons. The van der Waals surface area contributed by atoms with Gasteiger partial charge in [-0.25, -0.2) is 14.4 Å². The Balaban J connectivity index is 0.000000271. The van der Waals surface area contributed by atoms with Gasteiger partial charge in [0.15, 0.2) is 40.5 Å². The summed E-state index contributed by atoms with van der Waals surface area (Å²) >= 11 is 0. The summed E-state index contributed by atoms with van der Waals surface area (Å²) in [5.41, 5.74) is 10.2. The van der Waals surface area contributed by atoms with Crippen LogP contribution in [0.3, 0.4) is 0 Å². The van der Waals surface area contributed by atoms with Gasteiger partial charge in [-0.1, -0.05) is 138 Å². The van der Waals surface area contributed by atoms with Crippen molar-refractivity contribution in [3.05, 3.63) is 316 Å². The molecule has 0 aliphatic carbocycles. The summed E-state index contributed by atoms with van der Waals surface area (Å²) in [5.74, 6) is 27.2. The molecule has 0 heterocycles. The number of carbonyl (C=O) groups is 10. The van der Waals surface area contributed by atoms with E-state index >= 15 is 0 Å². The van der Waals surface area contributed by atoms with Crippen LogP contribution in [0.25, 0.3) is 0 Å². The number of aromatic carboxylic acids is 3. The standard InChI is InChI=1S/C25H16O3.C17H12O3.C13H8O3.C12H10O3.C12H8O.C11H10O/c1-18(26)23-16-21(14-12-19-8-4-2-5-9-19)22(17-24(23)25(27)28)15-13-20-10-6-3-7-11-20;1-12(18)15-10-9-14(11-16(15)17(19)20)8-7-13-5-3-2-4-6-13;1-4-9-6-11(8(3)14)12(13(15)16)7-10(9)5-2;1-3-9-4-5-10(8(2)14)11(6-9)12(15)7-13;1-4-10-6-7-12(9(3)13)8-11(10)5-2;1-4-10-5-6-11(9(3)12)7-8(10)2/h2-11,16-17H,1H3,(H,27,28);2-6,9-11H,1H3,(H,19,20);1-2,6-7H,3H3,(H,15,16);1,4-6,13H,7H2,2H3;1-2,6-8H,3H3;1,5-7H,2-3H3. The van der Waals surface area contributed by atoms with E-state index in [9.17, 15) is 53.1 Å². The topological polar surface area (TPSA) is 252 Å². The number of carboxylic acids is 3. The molecule has 9 aromatic carbocycles. The summed E-state index contributed by atoms with van der Waals surface area (Å²) in [6.45, 7) is 9.63. The van der Waals surface area contributed by atoms with E-state index < -0.39 is 30.3 Å². The summed E-state index contributed by atoms with van der Waals surface area (Å²) in [6.07, 6.45) is 31.3. The Morgan fingerprint density at radius 3 is 0.962 bits per heavy atom. The molecule has 0 amide bonds. The molecule has 0 aromatic heterocycles. The molecular weight excluding hydrogens is 1300 g/mol. The van der Waals surface area contributed by atoms with E-state index in [0.29, 0.717) is 55.6 Å². The number of carboxylic acid groups (broad SMARTS) is 3. The minimum Gasteiger partial charge on any atom is -0.478 e. The van der Waals surface area contributed by atoms with E-state index in [1.54, 1.807) is 49.4 Å². The zero-order chi connectivity index (χ0) is 77.2. The van der Waals surface area contributed by atoms with Crippen molar-refractivity contribution in [3.8, 4) is 110 Å². The lowest BCUT2D eigenvalue weighted by molar-refractivity contribution is 0.0683. The number of aliphatic hydroxyl groups excluding tert-OH is 1. The predicted octanol–water partition coefficient (Wildman–Crippen LogP) is 14.0. The molecule has 9 aromatic rings. The second-order valence-corrected chi connectivity index (χ2v) is 21.7. The van der Waals surface area contributed by atoms with Crippen molar-refractivity contribution in [1.82, 2.24) is 0 Å². The highest BCUT2D eigenvalue weighted by molar-refractivity contribution is 6.09. The Bertz CT molecular complexity index is 5190. The molecule has 0 unspecified atom stereocenters. The van der Waals surface area contributed by atoms with E-state index in [1.165, 1.54) is 83.1 Å². The van der Waals surface area contributed by atoms with Gasteiger partial charge in [-0.2, -0.15) is 0 Å². The number of aryl methyl sites for hydroxylation is 1. The van der Waals surface area contributed by atoms with Gasteiger partial charge in [0.1, 0.15) is 6.61 Å². The molecular formula is C90H64O14. The molecule has 0 spiro atoms. The minimum absolute atomic E-state index is 0.0138. The van der Waals surface area contributed by atoms with Gasteiger partial charge >= 0.3 is 17.9 Å². The lowest BCUT2D eigenvalue weighted by atomic mass is 9.96. The van der Waals surface area contributed by atoms with Gasteiger partial charge in [0, 0.05) is 106 Å². The van der Waals surface area contributed by atoms with Crippen LogP contribution in [0.2, 0.25) is 0 Å². The third-order valence-electron chi connectivity index (χ3n) is 14.4. The van der Waals surface area contributed by atoms with Crippen molar-refractivity contribution in [2.45, 2.75) is 48.5 Å². The average Bonchev–Trinajstić information content (AvgIpc) is 0.821. The Morgan fingerprint density at radius 2 is 0.596 bits per heavy atom. The van der Waals surface area contributed by atoms with Crippen LogP contribution in [0.4, 0.5) is 0 Å². The molecule has 0 radical (unpaired) electrons. The van der Waals surface area contributed by atoms with Crippen molar-refractivity contribution in [1.29, 1.82) is 0 Å². The van der Waals surface area contributed by atoms with Crippen LogP contribution in [0.5, 0.6) is 0 Å². The van der Waals surface area contributed by atoms with Crippen LogP contribution in [-0.4, -0.2) is 85.4 Å². The summed E-state index contributed by atoms with van der Waals surface area (Å²) in [7, 11) is 0. The number of carbonyl (C=O) groups excluding carboxylic acids is 7. The molecule has 0 aliphatic rings. The molecule has 14 nitrogen and oxygen atoms in total. The predicted molar refractivity (Wildman–Crippen MR) is 401 cm³/mol. The Kier molecular flexibility index (Phi) is 31.9. The number of Topliss-reactive ketones (excluding diaryl/α,β-unsaturated/α-hetero) is 7. The number of ketones is 7. The second kappa shape index (κ2) is 40.7. The van der Waals surface area contributed by atoms with Crippen molar-refractivity contribution >= 4 is 58.4 Å². The zero-order valence-electron chi connectivity index (χ0n) is 57.4. The van der Waals surface area contributed by atoms with Crippen molar-refractivity contribution < 1.29 is 68.4 Å². The smallest absolute Gasteiger partial charge is 0.336 e. The van der Waals surface area contributed by atoms with Crippen LogP contribution in [0, 0.1) is 117 Å². The maximum absolute atomic E-state index is 11.9. The van der Waals surface area contributed by atoms with Crippen LogP contribution in [0.15, 0.2) is 188 Å². The van der Waals surface area contributed by atoms with E-state index in [1.807, 2.05) is 104 Å². The Hall–Kier alpha value is -14.9. The molecule has 0 aliphatic heterocycles. The largest absolute Gasteiger partial charge is 0.478 e. The highest BCUT2D eigenvalue weighted by Gasteiger charge is 2.19. The van der Waals surface area contributed by atoms with Crippen molar-refractivity contribution in [3.63, 3.8) is 0 Å². The molecule has 0 bridgehead atoms. The molecule has 4 N–H and O–H groups in total. The van der Waals surface area contributed by atoms with Gasteiger partial charge in [-0.05, 0) is 175 Å². The van der Waals surface area contributed by atoms with Gasteiger partial charge in [0.05, 0.1) is 16.7 Å². The van der Waals surface area contributed by atoms with Crippen molar-refractivity contribution in [2.75, 3.05) is 6.61 Å². The van der Waals surface area contributed by atoms with E-state index in [-0.39, 0.29) is 79.2 Å². The van der Waals surface area contributed by atoms with Crippen molar-refractivity contribution in [2.24, 2.45) is 0 Å². The summed E-state index contributed by atoms with van der Waals surface area (Å²) < 4.78 is 0. The molecule has 0 atom stereocenters. The maximum Gasteiger partial charge on any atom is 0.336 e. The SMILES string of the molecule is C#Cc1cc(C(C)=O)c(C(=O)O)cc1C#C.C#Cc1ccc(C(C)=O)c(C(=O)CO)c1.C#Cc1ccc(C(C)=O)cc1C.C#Cc1ccc(C(C)=O)cc1C#C.CC(=O)c1cc(C#Cc2ccccc2)c(C#Cc2ccccc2)cc1C(=O)O.CC(=O)c1ccc(C#Cc2ccccc2)cc1C(=O)O. The number of terminal acetylenes is 6. The zero-order valence-corrected chi connectivity index (χ0v) is 57.4. The normalized spacial score (nSPS) is 9.21. The first kappa shape index (κ1) is 81.5. The first-order valence-corrected chi connectivity index (χ1v) is 30.9. The molecule has 0 saturated carbocycles. The number of aliphatic hydroxyl groups is 1. The van der Waals surface area contributed by atoms with Crippen LogP contribution in [-0.2, 0) is 0 Å². The summed E-state index contributed by atoms with van der Waals surface area (Å²) in [4.78, 5) is 113. The average molecular weight is 1370 g/mol. The van der Waals surface area contributed by atoms with Crippen LogP contribution in [0.1, 0.15) is 217 Å². The summed E-state index contributed by atoms with van der Waals surface area (Å²) in [5, 5.41) is 36.3. The van der Waals surface area contributed by atoms with E-state index in [0.717, 1.165) is 27.8 Å². The first-order chi connectivity index (χ1) is 49.6. The monoisotopic (exact) mass is 1370 g/mol. The van der Waals surface area contributed by atoms with Gasteiger partial charge in [0.2, 0.25) is 0 Å². The molecule has 104 heavy (non-hydrogen) atoms. The van der Waals surface area contributed by atoms with E-state index in [4.69, 9.17) is 53.9 Å². The fourth-order valence-electron chi connectivity index (χ4n) is 8.99. The van der Waals surface area contributed by atoms with Crippen LogP contribution < -0.4 is 0 Å². The highest BCUT2D eigenvalue weighted by Crippen LogP contribution is 2.21. The molecule has 14 heteroatoms. The van der Waals surface area contributed by atoms with Gasteiger partial charge in [-0.15, -0.1) is 38.5 Å². The van der Waals surface area contributed by atoms with Gasteiger partial charge < -0.3 is 20.4 Å². The third kappa shape index (κ3) is 24.6. The molecule has 9 rings (SSSR count). The van der Waals surface area contributed by atoms with Gasteiger partial charge in [0.25, 0.3) is 0 Å². The Morgan fingerprint density at radius 1 is 0.279 bits per heavy atom. The highest BCUT2D eigenvalue weighted by atomic mass is 16.4. The Labute approximate surface area is 604 Å². The quantitative estimate of drug-likeness (QED) is 0.0694. The van der Waals surface area contributed by atoms with Crippen LogP contribution >= 0.6 is 0 Å².